The van der Waals surface area contributed by atoms with Crippen molar-refractivity contribution < 1.29 is 14.0 Å². The van der Waals surface area contributed by atoms with Crippen molar-refractivity contribution in [1.29, 1.82) is 0 Å². The topological polar surface area (TPSA) is 84.5 Å². The molecular formula is C36H35N5O3. The fourth-order valence-electron chi connectivity index (χ4n) is 5.72. The van der Waals surface area contributed by atoms with Gasteiger partial charge in [0, 0.05) is 51.4 Å². The van der Waals surface area contributed by atoms with E-state index in [0.717, 1.165) is 28.8 Å². The van der Waals surface area contributed by atoms with E-state index in [1.165, 1.54) is 11.6 Å². The van der Waals surface area contributed by atoms with Crippen LogP contribution in [0.1, 0.15) is 39.6 Å². The largest absolute Gasteiger partial charge is 0.446 e. The van der Waals surface area contributed by atoms with Gasteiger partial charge in [-0.25, -0.2) is 9.67 Å². The highest BCUT2D eigenvalue weighted by atomic mass is 16.4. The fraction of sp³-hybridized carbons (Fsp3) is 0.222. The van der Waals surface area contributed by atoms with Crippen LogP contribution in [0.4, 0.5) is 0 Å². The van der Waals surface area contributed by atoms with Crippen molar-refractivity contribution in [2.75, 3.05) is 6.54 Å². The first-order valence-electron chi connectivity index (χ1n) is 14.9. The minimum absolute atomic E-state index is 0.0632. The summed E-state index contributed by atoms with van der Waals surface area (Å²) in [5.74, 6) is 0.835. The van der Waals surface area contributed by atoms with Crippen LogP contribution < -0.4 is 0 Å². The summed E-state index contributed by atoms with van der Waals surface area (Å²) in [4.78, 5) is 36.5. The average molecular weight is 586 g/mol. The Morgan fingerprint density at radius 3 is 2.39 bits per heavy atom. The van der Waals surface area contributed by atoms with Crippen LogP contribution in [0.25, 0.3) is 11.8 Å². The summed E-state index contributed by atoms with van der Waals surface area (Å²) in [5, 5.41) is 4.31. The molecule has 1 aliphatic rings. The van der Waals surface area contributed by atoms with Crippen LogP contribution in [0.15, 0.2) is 108 Å². The first-order valence-corrected chi connectivity index (χ1v) is 14.9. The molecule has 0 fully saturated rings. The zero-order valence-electron chi connectivity index (χ0n) is 25.0. The zero-order valence-corrected chi connectivity index (χ0v) is 25.0. The smallest absolute Gasteiger partial charge is 0.247 e. The van der Waals surface area contributed by atoms with E-state index >= 15 is 0 Å². The Balaban J connectivity index is 1.35. The molecule has 44 heavy (non-hydrogen) atoms. The Morgan fingerprint density at radius 2 is 1.68 bits per heavy atom. The molecule has 222 valence electrons. The number of hydrogen-bond donors (Lipinski definition) is 0. The Bertz CT molecular complexity index is 1760. The lowest BCUT2D eigenvalue weighted by atomic mass is 9.97. The molecule has 8 nitrogen and oxygen atoms in total. The molecule has 8 heteroatoms. The molecule has 6 rings (SSSR count). The van der Waals surface area contributed by atoms with Gasteiger partial charge in [-0.15, -0.1) is 0 Å². The lowest BCUT2D eigenvalue weighted by Gasteiger charge is -2.36. The van der Waals surface area contributed by atoms with Gasteiger partial charge in [-0.3, -0.25) is 9.59 Å². The van der Waals surface area contributed by atoms with Gasteiger partial charge in [0.1, 0.15) is 17.5 Å². The first-order chi connectivity index (χ1) is 21.4. The molecule has 5 aromatic rings. The number of nitrogens with zero attached hydrogens (tertiary/aromatic N) is 5. The van der Waals surface area contributed by atoms with Crippen molar-refractivity contribution in [2.45, 2.75) is 45.8 Å². The van der Waals surface area contributed by atoms with Crippen molar-refractivity contribution in [1.82, 2.24) is 24.6 Å². The number of aromatic nitrogens is 3. The predicted molar refractivity (Wildman–Crippen MR) is 169 cm³/mol. The molecule has 0 bridgehead atoms. The summed E-state index contributed by atoms with van der Waals surface area (Å²) in [5.41, 5.74) is 5.82. The maximum Gasteiger partial charge on any atom is 0.247 e. The molecule has 0 spiro atoms. The van der Waals surface area contributed by atoms with Gasteiger partial charge in [0.2, 0.25) is 11.8 Å². The van der Waals surface area contributed by atoms with E-state index < -0.39 is 6.04 Å². The molecule has 2 aromatic heterocycles. The van der Waals surface area contributed by atoms with Crippen LogP contribution in [-0.2, 0) is 35.5 Å². The van der Waals surface area contributed by atoms with Crippen LogP contribution in [-0.4, -0.2) is 49.0 Å². The zero-order chi connectivity index (χ0) is 30.5. The van der Waals surface area contributed by atoms with Gasteiger partial charge in [-0.2, -0.15) is 5.10 Å². The van der Waals surface area contributed by atoms with E-state index in [2.05, 4.69) is 22.2 Å². The normalized spacial score (nSPS) is 13.5. The molecule has 3 aromatic carbocycles. The molecule has 1 aliphatic heterocycles. The summed E-state index contributed by atoms with van der Waals surface area (Å²) < 4.78 is 7.35. The standard InChI is InChI=1S/C36H35N5O3/c1-26-33(38-27(2)44-26)17-18-35(42)40(24-29-13-15-32(16-14-29)41-21-8-20-37-41)34(23-28-9-4-3-5-10-28)36(43)39-22-19-30-11-6-7-12-31(30)25-39/h3-18,20-21,34H,19,22-25H2,1-2H3/b18-17+/t34-/m0/s1. The molecule has 0 N–H and O–H groups in total. The van der Waals surface area contributed by atoms with Gasteiger partial charge < -0.3 is 14.2 Å². The average Bonchev–Trinajstić information content (AvgIpc) is 3.71. The number of amides is 2. The van der Waals surface area contributed by atoms with E-state index in [4.69, 9.17) is 4.42 Å². The van der Waals surface area contributed by atoms with Gasteiger partial charge in [0.05, 0.1) is 5.69 Å². The molecule has 1 atom stereocenters. The maximum absolute atomic E-state index is 14.5. The Kier molecular flexibility index (Phi) is 8.50. The van der Waals surface area contributed by atoms with Gasteiger partial charge in [-0.05, 0) is 59.9 Å². The minimum Gasteiger partial charge on any atom is -0.446 e. The number of fused-ring (bicyclic) bond motifs is 1. The number of carbonyl (C=O) groups excluding carboxylic acids is 2. The molecule has 0 unspecified atom stereocenters. The summed E-state index contributed by atoms with van der Waals surface area (Å²) >= 11 is 0. The first kappa shape index (κ1) is 28.9. The van der Waals surface area contributed by atoms with Crippen molar-refractivity contribution in [2.24, 2.45) is 0 Å². The Hall–Kier alpha value is -5.24. The van der Waals surface area contributed by atoms with E-state index in [1.807, 2.05) is 90.8 Å². The predicted octanol–water partition coefficient (Wildman–Crippen LogP) is 5.72. The van der Waals surface area contributed by atoms with Gasteiger partial charge in [-0.1, -0.05) is 66.7 Å². The molecule has 0 saturated carbocycles. The Morgan fingerprint density at radius 1 is 0.932 bits per heavy atom. The summed E-state index contributed by atoms with van der Waals surface area (Å²) in [6, 6.07) is 27.2. The number of benzene rings is 3. The third kappa shape index (κ3) is 6.54. The highest BCUT2D eigenvalue weighted by Crippen LogP contribution is 2.23. The molecule has 0 aliphatic carbocycles. The molecule has 2 amide bonds. The van der Waals surface area contributed by atoms with Crippen molar-refractivity contribution in [3.63, 3.8) is 0 Å². The van der Waals surface area contributed by atoms with Crippen LogP contribution in [0.5, 0.6) is 0 Å². The minimum atomic E-state index is -0.717. The third-order valence-electron chi connectivity index (χ3n) is 8.04. The molecule has 0 radical (unpaired) electrons. The highest BCUT2D eigenvalue weighted by molar-refractivity contribution is 5.95. The summed E-state index contributed by atoms with van der Waals surface area (Å²) in [6.45, 7) is 4.98. The number of hydrogen-bond acceptors (Lipinski definition) is 5. The number of oxazole rings is 1. The van der Waals surface area contributed by atoms with Crippen molar-refractivity contribution in [3.8, 4) is 5.69 Å². The van der Waals surface area contributed by atoms with Crippen LogP contribution in [0.2, 0.25) is 0 Å². The van der Waals surface area contributed by atoms with Crippen LogP contribution >= 0.6 is 0 Å². The van der Waals surface area contributed by atoms with Crippen LogP contribution in [0.3, 0.4) is 0 Å². The fourth-order valence-corrected chi connectivity index (χ4v) is 5.72. The van der Waals surface area contributed by atoms with Gasteiger partial charge in [0.15, 0.2) is 5.89 Å². The van der Waals surface area contributed by atoms with Gasteiger partial charge >= 0.3 is 0 Å². The second kappa shape index (κ2) is 13.0. The summed E-state index contributed by atoms with van der Waals surface area (Å²) in [7, 11) is 0. The van der Waals surface area contributed by atoms with Gasteiger partial charge in [0.25, 0.3) is 0 Å². The second-order valence-electron chi connectivity index (χ2n) is 11.1. The lowest BCUT2D eigenvalue weighted by Crippen LogP contribution is -2.52. The molecular weight excluding hydrogens is 550 g/mol. The number of rotatable bonds is 9. The summed E-state index contributed by atoms with van der Waals surface area (Å²) in [6.07, 6.45) is 7.97. The number of carbonyl (C=O) groups is 2. The van der Waals surface area contributed by atoms with Crippen molar-refractivity contribution >= 4 is 17.9 Å². The highest BCUT2D eigenvalue weighted by Gasteiger charge is 2.34. The maximum atomic E-state index is 14.5. The Labute approximate surface area is 257 Å². The van der Waals surface area contributed by atoms with E-state index in [9.17, 15) is 9.59 Å². The second-order valence-corrected chi connectivity index (χ2v) is 11.1. The van der Waals surface area contributed by atoms with Crippen molar-refractivity contribution in [3.05, 3.63) is 143 Å². The quantitative estimate of drug-likeness (QED) is 0.207. The molecule has 0 saturated heterocycles. The van der Waals surface area contributed by atoms with E-state index in [0.29, 0.717) is 36.9 Å². The van der Waals surface area contributed by atoms with Crippen LogP contribution in [0, 0.1) is 13.8 Å². The van der Waals surface area contributed by atoms with E-state index in [-0.39, 0.29) is 18.4 Å². The van der Waals surface area contributed by atoms with E-state index in [1.54, 1.807) is 28.8 Å². The lowest BCUT2D eigenvalue weighted by molar-refractivity contribution is -0.144. The molecule has 3 heterocycles. The number of aryl methyl sites for hydroxylation is 2. The third-order valence-corrected chi connectivity index (χ3v) is 8.04. The SMILES string of the molecule is Cc1nc(/C=C/C(=O)N(Cc2ccc(-n3cccn3)cc2)[C@@H](Cc2ccccc2)C(=O)N2CCc3ccccc3C2)c(C)o1. The monoisotopic (exact) mass is 585 g/mol.